The lowest BCUT2D eigenvalue weighted by Crippen LogP contribution is -2.35. The summed E-state index contributed by atoms with van der Waals surface area (Å²) in [4.78, 5) is 0. The third-order valence-corrected chi connectivity index (χ3v) is 5.16. The Bertz CT molecular complexity index is 567. The number of halogens is 2. The van der Waals surface area contributed by atoms with Crippen LogP contribution in [0.2, 0.25) is 0 Å². The zero-order valence-electron chi connectivity index (χ0n) is 12.4. The lowest BCUT2D eigenvalue weighted by atomic mass is 10.3. The molecule has 0 unspecified atom stereocenters. The normalized spacial score (nSPS) is 12.1. The van der Waals surface area contributed by atoms with Gasteiger partial charge < -0.3 is 5.32 Å². The number of hydrogen-bond acceptors (Lipinski definition) is 3. The number of anilines is 1. The molecule has 0 heterocycles. The second-order valence-electron chi connectivity index (χ2n) is 5.02. The van der Waals surface area contributed by atoms with E-state index in [2.05, 4.69) is 10.0 Å². The van der Waals surface area contributed by atoms with Gasteiger partial charge in [-0.2, -0.15) is 12.7 Å². The van der Waals surface area contributed by atoms with Gasteiger partial charge in [-0.3, -0.25) is 4.72 Å². The second kappa shape index (κ2) is 8.25. The Labute approximate surface area is 139 Å². The van der Waals surface area contributed by atoms with Gasteiger partial charge in [-0.25, -0.2) is 4.39 Å². The van der Waals surface area contributed by atoms with Crippen LogP contribution in [0.15, 0.2) is 18.2 Å². The van der Waals surface area contributed by atoms with Crippen molar-refractivity contribution < 1.29 is 12.8 Å². The van der Waals surface area contributed by atoms with E-state index in [1.165, 1.54) is 29.6 Å². The molecule has 0 aliphatic heterocycles. The van der Waals surface area contributed by atoms with Crippen molar-refractivity contribution in [3.8, 4) is 0 Å². The molecule has 5 nitrogen and oxygen atoms in total. The minimum atomic E-state index is -3.62. The predicted octanol–water partition coefficient (Wildman–Crippen LogP) is 2.41. The predicted molar refractivity (Wildman–Crippen MR) is 92.0 cm³/mol. The highest BCUT2D eigenvalue weighted by atomic mass is 127. The first-order valence-corrected chi connectivity index (χ1v) is 9.17. The molecular weight excluding hydrogens is 408 g/mol. The van der Waals surface area contributed by atoms with Gasteiger partial charge in [0.15, 0.2) is 0 Å². The van der Waals surface area contributed by atoms with Crippen molar-refractivity contribution in [2.75, 3.05) is 24.9 Å². The molecule has 120 valence electrons. The summed E-state index contributed by atoms with van der Waals surface area (Å²) < 4.78 is 41.6. The Morgan fingerprint density at radius 1 is 1.38 bits per heavy atom. The molecule has 0 amide bonds. The van der Waals surface area contributed by atoms with Gasteiger partial charge in [0.2, 0.25) is 0 Å². The molecule has 0 atom stereocenters. The molecule has 0 aliphatic rings. The molecule has 0 aromatic heterocycles. The van der Waals surface area contributed by atoms with Gasteiger partial charge in [-0.05, 0) is 53.8 Å². The zero-order valence-corrected chi connectivity index (χ0v) is 15.3. The number of hydrogen-bond donors (Lipinski definition) is 2. The standard InChI is InChI=1S/C13H21FIN3O2S/c1-10(2)16-7-4-8-18(3)21(19,20)17-13-6-5-11(14)9-12(13)15/h5-6,9-10,16-17H,4,7-8H2,1-3H3. The van der Waals surface area contributed by atoms with Gasteiger partial charge in [0.1, 0.15) is 5.82 Å². The Kier molecular flexibility index (Phi) is 7.31. The van der Waals surface area contributed by atoms with Crippen LogP contribution in [0.4, 0.5) is 10.1 Å². The SMILES string of the molecule is CC(C)NCCCN(C)S(=O)(=O)Nc1ccc(F)cc1I. The van der Waals surface area contributed by atoms with E-state index in [4.69, 9.17) is 0 Å². The molecule has 0 saturated carbocycles. The molecule has 1 aromatic rings. The van der Waals surface area contributed by atoms with Crippen LogP contribution in [0.1, 0.15) is 20.3 Å². The fourth-order valence-electron chi connectivity index (χ4n) is 1.60. The monoisotopic (exact) mass is 429 g/mol. The van der Waals surface area contributed by atoms with E-state index in [0.29, 0.717) is 21.8 Å². The van der Waals surface area contributed by atoms with Crippen molar-refractivity contribution >= 4 is 38.5 Å². The van der Waals surface area contributed by atoms with E-state index >= 15 is 0 Å². The summed E-state index contributed by atoms with van der Waals surface area (Å²) in [5.74, 6) is -0.393. The molecule has 21 heavy (non-hydrogen) atoms. The van der Waals surface area contributed by atoms with Crippen LogP contribution in [0, 0.1) is 9.39 Å². The molecule has 8 heteroatoms. The molecule has 0 saturated heterocycles. The maximum Gasteiger partial charge on any atom is 0.301 e. The quantitative estimate of drug-likeness (QED) is 0.493. The second-order valence-corrected chi connectivity index (χ2v) is 7.95. The molecule has 1 rings (SSSR count). The van der Waals surface area contributed by atoms with Gasteiger partial charge in [0.25, 0.3) is 0 Å². The maximum absolute atomic E-state index is 13.0. The fourth-order valence-corrected chi connectivity index (χ4v) is 3.38. The lowest BCUT2D eigenvalue weighted by Gasteiger charge is -2.19. The van der Waals surface area contributed by atoms with Gasteiger partial charge in [0, 0.05) is 23.2 Å². The molecule has 0 fully saturated rings. The minimum Gasteiger partial charge on any atom is -0.314 e. The number of nitrogens with zero attached hydrogens (tertiary/aromatic N) is 1. The van der Waals surface area contributed by atoms with Crippen LogP contribution in [-0.4, -0.2) is 38.9 Å². The number of benzene rings is 1. The average Bonchev–Trinajstić information content (AvgIpc) is 2.37. The molecule has 2 N–H and O–H groups in total. The summed E-state index contributed by atoms with van der Waals surface area (Å²) >= 11 is 1.90. The van der Waals surface area contributed by atoms with Crippen LogP contribution < -0.4 is 10.0 Å². The van der Waals surface area contributed by atoms with Crippen LogP contribution >= 0.6 is 22.6 Å². The molecular formula is C13H21FIN3O2S. The first-order chi connectivity index (χ1) is 9.72. The van der Waals surface area contributed by atoms with E-state index in [9.17, 15) is 12.8 Å². The van der Waals surface area contributed by atoms with Crippen molar-refractivity contribution in [1.82, 2.24) is 9.62 Å². The third-order valence-electron chi connectivity index (χ3n) is 2.78. The van der Waals surface area contributed by atoms with Crippen molar-refractivity contribution in [3.63, 3.8) is 0 Å². The first kappa shape index (κ1) is 18.6. The summed E-state index contributed by atoms with van der Waals surface area (Å²) in [5, 5.41) is 3.23. The summed E-state index contributed by atoms with van der Waals surface area (Å²) in [5.41, 5.74) is 0.379. The fraction of sp³-hybridized carbons (Fsp3) is 0.538. The largest absolute Gasteiger partial charge is 0.314 e. The van der Waals surface area contributed by atoms with Gasteiger partial charge in [-0.1, -0.05) is 13.8 Å². The molecule has 0 spiro atoms. The highest BCUT2D eigenvalue weighted by molar-refractivity contribution is 14.1. The van der Waals surface area contributed by atoms with Crippen molar-refractivity contribution in [3.05, 3.63) is 27.6 Å². The van der Waals surface area contributed by atoms with Gasteiger partial charge >= 0.3 is 10.2 Å². The third kappa shape index (κ3) is 6.45. The highest BCUT2D eigenvalue weighted by Crippen LogP contribution is 2.20. The summed E-state index contributed by atoms with van der Waals surface area (Å²) in [6.07, 6.45) is 0.718. The van der Waals surface area contributed by atoms with E-state index in [1.807, 2.05) is 36.4 Å². The smallest absolute Gasteiger partial charge is 0.301 e. The van der Waals surface area contributed by atoms with Crippen LogP contribution in [0.3, 0.4) is 0 Å². The zero-order chi connectivity index (χ0) is 16.0. The highest BCUT2D eigenvalue weighted by Gasteiger charge is 2.18. The molecule has 1 aromatic carbocycles. The number of nitrogens with one attached hydrogen (secondary N) is 2. The summed E-state index contributed by atoms with van der Waals surface area (Å²) in [6.45, 7) is 5.25. The van der Waals surface area contributed by atoms with Crippen LogP contribution in [-0.2, 0) is 10.2 Å². The summed E-state index contributed by atoms with van der Waals surface area (Å²) in [6, 6.07) is 4.31. The Hall–Kier alpha value is -0.450. The Morgan fingerprint density at radius 2 is 2.05 bits per heavy atom. The van der Waals surface area contributed by atoms with Gasteiger partial charge in [0.05, 0.1) is 5.69 Å². The Balaban J connectivity index is 2.59. The van der Waals surface area contributed by atoms with E-state index < -0.39 is 16.0 Å². The van der Waals surface area contributed by atoms with E-state index in [-0.39, 0.29) is 0 Å². The minimum absolute atomic E-state index is 0.379. The van der Waals surface area contributed by atoms with E-state index in [1.54, 1.807) is 0 Å². The van der Waals surface area contributed by atoms with Crippen molar-refractivity contribution in [2.45, 2.75) is 26.3 Å². The molecule has 0 radical (unpaired) electrons. The van der Waals surface area contributed by atoms with Crippen molar-refractivity contribution in [1.29, 1.82) is 0 Å². The molecule has 0 aliphatic carbocycles. The van der Waals surface area contributed by atoms with E-state index in [0.717, 1.165) is 13.0 Å². The first-order valence-electron chi connectivity index (χ1n) is 6.65. The van der Waals surface area contributed by atoms with Crippen LogP contribution in [0.5, 0.6) is 0 Å². The average molecular weight is 429 g/mol. The topological polar surface area (TPSA) is 61.4 Å². The summed E-state index contributed by atoms with van der Waals surface area (Å²) in [7, 11) is -2.10. The van der Waals surface area contributed by atoms with Gasteiger partial charge in [-0.15, -0.1) is 0 Å². The maximum atomic E-state index is 13.0. The van der Waals surface area contributed by atoms with Crippen LogP contribution in [0.25, 0.3) is 0 Å². The van der Waals surface area contributed by atoms with Crippen molar-refractivity contribution in [2.24, 2.45) is 0 Å². The number of rotatable bonds is 8. The molecule has 0 bridgehead atoms. The Morgan fingerprint density at radius 3 is 2.62 bits per heavy atom. The lowest BCUT2D eigenvalue weighted by molar-refractivity contribution is 0.451.